The van der Waals surface area contributed by atoms with Gasteiger partial charge in [0.05, 0.1) is 23.5 Å². The van der Waals surface area contributed by atoms with Crippen molar-refractivity contribution < 1.29 is 9.59 Å². The number of benzene rings is 1. The van der Waals surface area contributed by atoms with Gasteiger partial charge >= 0.3 is 0 Å². The number of likely N-dealkylation sites (tertiary alicyclic amines) is 1. The molecule has 0 bridgehead atoms. The van der Waals surface area contributed by atoms with Crippen molar-refractivity contribution in [3.63, 3.8) is 0 Å². The Balaban J connectivity index is 0.00000272. The highest BCUT2D eigenvalue weighted by molar-refractivity contribution is 6.08. The lowest BCUT2D eigenvalue weighted by Crippen LogP contribution is -2.39. The summed E-state index contributed by atoms with van der Waals surface area (Å²) in [6, 6.07) is 7.85. The van der Waals surface area contributed by atoms with Crippen LogP contribution in [0.3, 0.4) is 0 Å². The molecule has 7 heteroatoms. The minimum absolute atomic E-state index is 0. The Hall–Kier alpha value is -3.06. The fourth-order valence-electron chi connectivity index (χ4n) is 4.01. The van der Waals surface area contributed by atoms with Crippen LogP contribution < -0.4 is 5.73 Å². The maximum atomic E-state index is 12.8. The van der Waals surface area contributed by atoms with Crippen LogP contribution in [0.1, 0.15) is 57.0 Å². The third-order valence-corrected chi connectivity index (χ3v) is 5.61. The fourth-order valence-corrected chi connectivity index (χ4v) is 4.01. The van der Waals surface area contributed by atoms with Crippen LogP contribution in [0, 0.1) is 5.41 Å². The predicted molar refractivity (Wildman–Crippen MR) is 122 cm³/mol. The van der Waals surface area contributed by atoms with Crippen LogP contribution in [-0.4, -0.2) is 44.1 Å². The van der Waals surface area contributed by atoms with Crippen LogP contribution in [0.5, 0.6) is 0 Å². The Morgan fingerprint density at radius 3 is 2.77 bits per heavy atom. The number of carbonyl (C=O) groups is 2. The third kappa shape index (κ3) is 4.51. The van der Waals surface area contributed by atoms with E-state index in [9.17, 15) is 9.59 Å². The van der Waals surface area contributed by atoms with Crippen molar-refractivity contribution in [3.05, 3.63) is 47.8 Å². The van der Waals surface area contributed by atoms with E-state index in [1.165, 1.54) is 0 Å². The number of aromatic nitrogens is 3. The molecule has 31 heavy (non-hydrogen) atoms. The largest absolute Gasteiger partial charge is 0.368 e. The van der Waals surface area contributed by atoms with Crippen LogP contribution in [-0.2, 0) is 11.3 Å². The second kappa shape index (κ2) is 8.59. The average molecular weight is 422 g/mol. The van der Waals surface area contributed by atoms with E-state index in [1.807, 2.05) is 39.0 Å². The topological polar surface area (TPSA) is 105 Å². The molecule has 3 aromatic rings. The standard InChI is InChI=1S/C23H27N5O2.CH4/c1-23(2,3)20(29)16-11-25-22-19(16)27-17(12-26-22)15-7-4-6-14(10-15)13-28-9-5-8-18(28)21(24)30;/h4,6-7,10-12,18H,5,8-9,13H2,1-3H3,(H2,24,30)(H,25,26);1H4. The molecule has 0 aliphatic carbocycles. The number of primary amides is 1. The zero-order chi connectivity index (χ0) is 21.5. The molecule has 1 atom stereocenters. The summed E-state index contributed by atoms with van der Waals surface area (Å²) < 4.78 is 0. The molecule has 1 fully saturated rings. The number of nitrogens with one attached hydrogen (secondary N) is 1. The van der Waals surface area contributed by atoms with Crippen molar-refractivity contribution in [2.45, 2.75) is 53.6 Å². The quantitative estimate of drug-likeness (QED) is 0.607. The van der Waals surface area contributed by atoms with E-state index in [4.69, 9.17) is 10.7 Å². The smallest absolute Gasteiger partial charge is 0.234 e. The first-order valence-corrected chi connectivity index (χ1v) is 10.3. The summed E-state index contributed by atoms with van der Waals surface area (Å²) in [4.78, 5) is 38.9. The third-order valence-electron chi connectivity index (χ3n) is 5.61. The summed E-state index contributed by atoms with van der Waals surface area (Å²) in [7, 11) is 0. The lowest BCUT2D eigenvalue weighted by molar-refractivity contribution is -0.122. The van der Waals surface area contributed by atoms with Gasteiger partial charge in [-0.05, 0) is 31.0 Å². The lowest BCUT2D eigenvalue weighted by atomic mass is 9.87. The van der Waals surface area contributed by atoms with Gasteiger partial charge in [0.15, 0.2) is 11.4 Å². The van der Waals surface area contributed by atoms with E-state index in [-0.39, 0.29) is 25.2 Å². The molecule has 4 rings (SSSR count). The Labute approximate surface area is 183 Å². The molecule has 1 aromatic carbocycles. The molecule has 2 aromatic heterocycles. The van der Waals surface area contributed by atoms with Gasteiger partial charge in [0.2, 0.25) is 5.91 Å². The number of hydrogen-bond acceptors (Lipinski definition) is 5. The van der Waals surface area contributed by atoms with Crippen LogP contribution in [0.25, 0.3) is 22.4 Å². The number of Topliss-reactive ketones (excluding diaryl/α,β-unsaturated/α-hetero) is 1. The van der Waals surface area contributed by atoms with Crippen molar-refractivity contribution >= 4 is 22.9 Å². The molecular formula is C24H31N5O2. The van der Waals surface area contributed by atoms with Gasteiger partial charge < -0.3 is 10.7 Å². The van der Waals surface area contributed by atoms with E-state index in [1.54, 1.807) is 12.4 Å². The number of nitrogens with two attached hydrogens (primary N) is 1. The normalized spacial score (nSPS) is 16.9. The molecule has 1 aliphatic rings. The zero-order valence-electron chi connectivity index (χ0n) is 17.6. The van der Waals surface area contributed by atoms with Gasteiger partial charge in [0.1, 0.15) is 5.52 Å². The minimum Gasteiger partial charge on any atom is -0.368 e. The van der Waals surface area contributed by atoms with E-state index < -0.39 is 5.41 Å². The number of fused-ring (bicyclic) bond motifs is 1. The Kier molecular flexibility index (Phi) is 6.27. The number of nitrogens with zero attached hydrogens (tertiary/aromatic N) is 3. The van der Waals surface area contributed by atoms with Crippen LogP contribution in [0.15, 0.2) is 36.7 Å². The monoisotopic (exact) mass is 421 g/mol. The van der Waals surface area contributed by atoms with Crippen molar-refractivity contribution in [1.82, 2.24) is 19.9 Å². The molecular weight excluding hydrogens is 390 g/mol. The highest BCUT2D eigenvalue weighted by atomic mass is 16.1. The summed E-state index contributed by atoms with van der Waals surface area (Å²) >= 11 is 0. The summed E-state index contributed by atoms with van der Waals surface area (Å²) in [6.45, 7) is 7.21. The maximum Gasteiger partial charge on any atom is 0.234 e. The first-order chi connectivity index (χ1) is 14.2. The van der Waals surface area contributed by atoms with Crippen molar-refractivity contribution in [3.8, 4) is 11.3 Å². The fraction of sp³-hybridized carbons (Fsp3) is 0.417. The summed E-state index contributed by atoms with van der Waals surface area (Å²) in [5.74, 6) is -0.232. The first-order valence-electron chi connectivity index (χ1n) is 10.3. The number of carbonyl (C=O) groups excluding carboxylic acids is 2. The SMILES string of the molecule is C.CC(C)(C)C(=O)c1c[nH]c2ncc(-c3cccc(CN4CCCC4C(N)=O)c3)nc12. The van der Waals surface area contributed by atoms with E-state index in [0.717, 1.165) is 30.5 Å². The number of aromatic amines is 1. The van der Waals surface area contributed by atoms with Gasteiger partial charge in [0, 0.05) is 23.7 Å². The van der Waals surface area contributed by atoms with Gasteiger partial charge in [-0.2, -0.15) is 0 Å². The van der Waals surface area contributed by atoms with E-state index in [2.05, 4.69) is 20.9 Å². The average Bonchev–Trinajstić information content (AvgIpc) is 3.33. The summed E-state index contributed by atoms with van der Waals surface area (Å²) in [6.07, 6.45) is 5.20. The van der Waals surface area contributed by atoms with Gasteiger partial charge in [-0.1, -0.05) is 46.4 Å². The second-order valence-corrected chi connectivity index (χ2v) is 8.97. The number of hydrogen-bond donors (Lipinski definition) is 2. The molecule has 0 radical (unpaired) electrons. The number of rotatable bonds is 5. The molecule has 3 heterocycles. The molecule has 1 amide bonds. The second-order valence-electron chi connectivity index (χ2n) is 8.97. The highest BCUT2D eigenvalue weighted by Crippen LogP contribution is 2.28. The lowest BCUT2D eigenvalue weighted by Gasteiger charge is -2.22. The van der Waals surface area contributed by atoms with Gasteiger partial charge in [0.25, 0.3) is 0 Å². The Morgan fingerprint density at radius 2 is 2.06 bits per heavy atom. The molecule has 7 nitrogen and oxygen atoms in total. The summed E-state index contributed by atoms with van der Waals surface area (Å²) in [5.41, 5.74) is 9.51. The summed E-state index contributed by atoms with van der Waals surface area (Å²) in [5, 5.41) is 0. The minimum atomic E-state index is -0.501. The van der Waals surface area contributed by atoms with E-state index >= 15 is 0 Å². The maximum absolute atomic E-state index is 12.8. The number of ketones is 1. The van der Waals surface area contributed by atoms with Crippen molar-refractivity contribution in [1.29, 1.82) is 0 Å². The van der Waals surface area contributed by atoms with Crippen molar-refractivity contribution in [2.75, 3.05) is 6.54 Å². The van der Waals surface area contributed by atoms with Crippen LogP contribution in [0.4, 0.5) is 0 Å². The highest BCUT2D eigenvalue weighted by Gasteiger charge is 2.29. The Morgan fingerprint density at radius 1 is 1.29 bits per heavy atom. The first kappa shape index (κ1) is 22.6. The molecule has 3 N–H and O–H groups in total. The van der Waals surface area contributed by atoms with Crippen LogP contribution >= 0.6 is 0 Å². The molecule has 0 saturated carbocycles. The van der Waals surface area contributed by atoms with Gasteiger partial charge in [-0.3, -0.25) is 14.5 Å². The van der Waals surface area contributed by atoms with Gasteiger partial charge in [-0.25, -0.2) is 9.97 Å². The molecule has 1 saturated heterocycles. The number of H-pyrrole nitrogens is 1. The molecule has 0 spiro atoms. The molecule has 1 unspecified atom stereocenters. The van der Waals surface area contributed by atoms with Crippen molar-refractivity contribution in [2.24, 2.45) is 11.1 Å². The van der Waals surface area contributed by atoms with Crippen LogP contribution in [0.2, 0.25) is 0 Å². The van der Waals surface area contributed by atoms with Gasteiger partial charge in [-0.15, -0.1) is 0 Å². The predicted octanol–water partition coefficient (Wildman–Crippen LogP) is 3.94. The zero-order valence-corrected chi connectivity index (χ0v) is 17.6. The van der Waals surface area contributed by atoms with E-state index in [0.29, 0.717) is 29.0 Å². The molecule has 1 aliphatic heterocycles. The molecule has 164 valence electrons. The Bertz CT molecular complexity index is 1110. The number of amides is 1.